The molecule has 0 radical (unpaired) electrons. The average molecular weight is 172 g/mol. The first-order chi connectivity index (χ1) is 6.33. The van der Waals surface area contributed by atoms with E-state index in [-0.39, 0.29) is 5.78 Å². The summed E-state index contributed by atoms with van der Waals surface area (Å²) in [4.78, 5) is 11.4. The van der Waals surface area contributed by atoms with E-state index in [0.717, 1.165) is 10.9 Å². The molecule has 1 aromatic carbocycles. The molecular weight excluding hydrogens is 164 g/mol. The Balaban J connectivity index is 2.74. The lowest BCUT2D eigenvalue weighted by molar-refractivity contribution is 0.104. The fourth-order valence-corrected chi connectivity index (χ4v) is 1.28. The summed E-state index contributed by atoms with van der Waals surface area (Å²) in [6, 6.07) is 5.48. The number of carbonyl (C=O) groups excluding carboxylic acids is 1. The van der Waals surface area contributed by atoms with Gasteiger partial charge in [-0.2, -0.15) is 5.10 Å². The Morgan fingerprint density at radius 3 is 3.15 bits per heavy atom. The highest BCUT2D eigenvalue weighted by Gasteiger charge is 2.06. The summed E-state index contributed by atoms with van der Waals surface area (Å²) in [5.41, 5.74) is 1.39. The van der Waals surface area contributed by atoms with Crippen molar-refractivity contribution in [3.05, 3.63) is 42.6 Å². The van der Waals surface area contributed by atoms with Gasteiger partial charge in [0.1, 0.15) is 0 Å². The first-order valence-electron chi connectivity index (χ1n) is 3.92. The number of para-hydroxylation sites is 1. The Bertz CT molecular complexity index is 470. The third-order valence-electron chi connectivity index (χ3n) is 1.93. The van der Waals surface area contributed by atoms with Gasteiger partial charge in [-0.1, -0.05) is 18.7 Å². The average Bonchev–Trinajstić information content (AvgIpc) is 2.63. The number of allylic oxidation sites excluding steroid dienone is 1. The van der Waals surface area contributed by atoms with Crippen molar-refractivity contribution in [3.8, 4) is 0 Å². The molecule has 0 aliphatic heterocycles. The van der Waals surface area contributed by atoms with Crippen molar-refractivity contribution in [2.45, 2.75) is 0 Å². The quantitative estimate of drug-likeness (QED) is 0.555. The topological polar surface area (TPSA) is 45.8 Å². The van der Waals surface area contributed by atoms with Crippen molar-refractivity contribution < 1.29 is 4.79 Å². The van der Waals surface area contributed by atoms with Crippen molar-refractivity contribution in [2.75, 3.05) is 0 Å². The summed E-state index contributed by atoms with van der Waals surface area (Å²) in [5.74, 6) is -0.0881. The van der Waals surface area contributed by atoms with Crippen LogP contribution in [0.25, 0.3) is 10.9 Å². The molecule has 3 nitrogen and oxygen atoms in total. The van der Waals surface area contributed by atoms with Crippen LogP contribution in [-0.2, 0) is 0 Å². The van der Waals surface area contributed by atoms with E-state index in [0.29, 0.717) is 5.56 Å². The number of benzene rings is 1. The van der Waals surface area contributed by atoms with E-state index in [9.17, 15) is 4.79 Å². The second kappa shape index (κ2) is 2.86. The Kier molecular flexibility index (Phi) is 1.70. The SMILES string of the molecule is C=CC(=O)c1cccc2cn[nH]c12. The van der Waals surface area contributed by atoms with Crippen molar-refractivity contribution in [3.63, 3.8) is 0 Å². The molecule has 1 N–H and O–H groups in total. The fourth-order valence-electron chi connectivity index (χ4n) is 1.28. The van der Waals surface area contributed by atoms with Crippen molar-refractivity contribution in [2.24, 2.45) is 0 Å². The lowest BCUT2D eigenvalue weighted by atomic mass is 10.1. The monoisotopic (exact) mass is 172 g/mol. The van der Waals surface area contributed by atoms with Crippen molar-refractivity contribution in [1.82, 2.24) is 10.2 Å². The van der Waals surface area contributed by atoms with Gasteiger partial charge in [0, 0.05) is 10.9 Å². The molecule has 0 unspecified atom stereocenters. The predicted molar refractivity (Wildman–Crippen MR) is 50.6 cm³/mol. The molecule has 0 aliphatic rings. The van der Waals surface area contributed by atoms with Gasteiger partial charge in [0.05, 0.1) is 11.7 Å². The third-order valence-corrected chi connectivity index (χ3v) is 1.93. The number of hydrogen-bond acceptors (Lipinski definition) is 2. The molecule has 1 aromatic heterocycles. The van der Waals surface area contributed by atoms with E-state index in [1.807, 2.05) is 12.1 Å². The van der Waals surface area contributed by atoms with E-state index in [4.69, 9.17) is 0 Å². The molecule has 2 rings (SSSR count). The van der Waals surface area contributed by atoms with Crippen molar-refractivity contribution >= 4 is 16.7 Å². The molecule has 64 valence electrons. The fraction of sp³-hybridized carbons (Fsp3) is 0. The van der Waals surface area contributed by atoms with Crippen LogP contribution in [-0.4, -0.2) is 16.0 Å². The number of aromatic amines is 1. The number of ketones is 1. The van der Waals surface area contributed by atoms with Gasteiger partial charge in [0.2, 0.25) is 0 Å². The first kappa shape index (κ1) is 7.73. The highest BCUT2D eigenvalue weighted by Crippen LogP contribution is 2.15. The molecule has 0 spiro atoms. The van der Waals surface area contributed by atoms with Crippen LogP contribution >= 0.6 is 0 Å². The zero-order chi connectivity index (χ0) is 9.26. The number of aromatic nitrogens is 2. The third kappa shape index (κ3) is 1.14. The van der Waals surface area contributed by atoms with E-state index >= 15 is 0 Å². The lowest BCUT2D eigenvalue weighted by Gasteiger charge is -1.96. The van der Waals surface area contributed by atoms with Crippen LogP contribution in [0.2, 0.25) is 0 Å². The Morgan fingerprint density at radius 1 is 1.54 bits per heavy atom. The number of rotatable bonds is 2. The number of H-pyrrole nitrogens is 1. The maximum atomic E-state index is 11.4. The molecule has 0 saturated carbocycles. The van der Waals surface area contributed by atoms with Crippen molar-refractivity contribution in [1.29, 1.82) is 0 Å². The van der Waals surface area contributed by atoms with Crippen LogP contribution in [0.15, 0.2) is 37.1 Å². The first-order valence-corrected chi connectivity index (χ1v) is 3.92. The molecule has 13 heavy (non-hydrogen) atoms. The summed E-state index contributed by atoms with van der Waals surface area (Å²) in [6.07, 6.45) is 2.99. The lowest BCUT2D eigenvalue weighted by Crippen LogP contribution is -1.94. The normalized spacial score (nSPS) is 10.2. The standard InChI is InChI=1S/C10H8N2O/c1-2-9(13)8-5-3-4-7-6-11-12-10(7)8/h2-6H,1H2,(H,11,12). The molecule has 3 heteroatoms. The summed E-state index contributed by atoms with van der Waals surface area (Å²) in [5, 5.41) is 7.59. The second-order valence-electron chi connectivity index (χ2n) is 2.71. The molecule has 0 amide bonds. The molecule has 0 atom stereocenters. The zero-order valence-corrected chi connectivity index (χ0v) is 6.95. The van der Waals surface area contributed by atoms with E-state index < -0.39 is 0 Å². The van der Waals surface area contributed by atoms with Crippen LogP contribution in [0, 0.1) is 0 Å². The smallest absolute Gasteiger partial charge is 0.187 e. The number of hydrogen-bond donors (Lipinski definition) is 1. The highest BCUT2D eigenvalue weighted by atomic mass is 16.1. The van der Waals surface area contributed by atoms with Crippen LogP contribution in [0.5, 0.6) is 0 Å². The predicted octanol–water partition coefficient (Wildman–Crippen LogP) is 1.93. The van der Waals surface area contributed by atoms with Crippen LogP contribution in [0.3, 0.4) is 0 Å². The van der Waals surface area contributed by atoms with Gasteiger partial charge in [0.25, 0.3) is 0 Å². The molecule has 0 aliphatic carbocycles. The molecule has 1 heterocycles. The Morgan fingerprint density at radius 2 is 2.38 bits per heavy atom. The van der Waals surface area contributed by atoms with Crippen LogP contribution in [0.4, 0.5) is 0 Å². The minimum absolute atomic E-state index is 0.0881. The second-order valence-corrected chi connectivity index (χ2v) is 2.71. The molecule has 0 bridgehead atoms. The van der Waals surface area contributed by atoms with Crippen LogP contribution < -0.4 is 0 Å². The number of fused-ring (bicyclic) bond motifs is 1. The largest absolute Gasteiger partial charge is 0.289 e. The van der Waals surface area contributed by atoms with Gasteiger partial charge in [-0.05, 0) is 12.1 Å². The maximum Gasteiger partial charge on any atom is 0.187 e. The molecule has 2 aromatic rings. The number of carbonyl (C=O) groups is 1. The zero-order valence-electron chi connectivity index (χ0n) is 6.95. The number of nitrogens with zero attached hydrogens (tertiary/aromatic N) is 1. The van der Waals surface area contributed by atoms with Gasteiger partial charge < -0.3 is 0 Å². The van der Waals surface area contributed by atoms with Gasteiger partial charge >= 0.3 is 0 Å². The molecule has 0 saturated heterocycles. The van der Waals surface area contributed by atoms with Gasteiger partial charge in [-0.25, -0.2) is 0 Å². The summed E-state index contributed by atoms with van der Waals surface area (Å²) < 4.78 is 0. The Hall–Kier alpha value is -1.90. The molecular formula is C10H8N2O. The minimum atomic E-state index is -0.0881. The van der Waals surface area contributed by atoms with E-state index in [2.05, 4.69) is 16.8 Å². The van der Waals surface area contributed by atoms with E-state index in [1.54, 1.807) is 12.3 Å². The number of nitrogens with one attached hydrogen (secondary N) is 1. The summed E-state index contributed by atoms with van der Waals surface area (Å²) in [6.45, 7) is 3.44. The van der Waals surface area contributed by atoms with Gasteiger partial charge in [0.15, 0.2) is 5.78 Å². The minimum Gasteiger partial charge on any atom is -0.289 e. The van der Waals surface area contributed by atoms with Gasteiger partial charge in [-0.15, -0.1) is 0 Å². The summed E-state index contributed by atoms with van der Waals surface area (Å²) >= 11 is 0. The highest BCUT2D eigenvalue weighted by molar-refractivity contribution is 6.11. The molecule has 0 fully saturated rings. The van der Waals surface area contributed by atoms with Gasteiger partial charge in [-0.3, -0.25) is 9.89 Å². The Labute approximate surface area is 75.1 Å². The summed E-state index contributed by atoms with van der Waals surface area (Å²) in [7, 11) is 0. The van der Waals surface area contributed by atoms with E-state index in [1.165, 1.54) is 6.08 Å². The maximum absolute atomic E-state index is 11.4. The van der Waals surface area contributed by atoms with Crippen LogP contribution in [0.1, 0.15) is 10.4 Å².